The fraction of sp³-hybridized carbons (Fsp3) is 0.462. The number of hydrogen-bond acceptors (Lipinski definition) is 3. The van der Waals surface area contributed by atoms with Gasteiger partial charge >= 0.3 is 0 Å². The summed E-state index contributed by atoms with van der Waals surface area (Å²) in [6.07, 6.45) is 0.746. The van der Waals surface area contributed by atoms with Crippen molar-refractivity contribution >= 4 is 21.6 Å². The summed E-state index contributed by atoms with van der Waals surface area (Å²) in [5.74, 6) is 0. The first kappa shape index (κ1) is 14.0. The normalized spacial score (nSPS) is 10.4. The maximum absolute atomic E-state index is 8.90. The maximum Gasteiger partial charge on any atom is 0.100 e. The Morgan fingerprint density at radius 2 is 2.18 bits per heavy atom. The van der Waals surface area contributed by atoms with Crippen molar-refractivity contribution in [1.29, 1.82) is 5.26 Å². The highest BCUT2D eigenvalue weighted by Crippen LogP contribution is 2.25. The van der Waals surface area contributed by atoms with E-state index in [1.807, 2.05) is 18.2 Å². The van der Waals surface area contributed by atoms with Crippen LogP contribution in [0.4, 0.5) is 5.69 Å². The average Bonchev–Trinajstić information content (AvgIpc) is 2.29. The summed E-state index contributed by atoms with van der Waals surface area (Å²) in [6, 6.07) is 8.20. The first-order valence-electron chi connectivity index (χ1n) is 5.67. The van der Waals surface area contributed by atoms with Crippen molar-refractivity contribution in [2.75, 3.05) is 18.1 Å². The van der Waals surface area contributed by atoms with Gasteiger partial charge in [0.25, 0.3) is 0 Å². The van der Waals surface area contributed by atoms with Crippen molar-refractivity contribution in [3.05, 3.63) is 28.2 Å². The third kappa shape index (κ3) is 3.72. The molecule has 0 radical (unpaired) electrons. The zero-order valence-corrected chi connectivity index (χ0v) is 11.7. The number of nitrogens with zero attached hydrogens (tertiary/aromatic N) is 2. The highest BCUT2D eigenvalue weighted by molar-refractivity contribution is 9.10. The van der Waals surface area contributed by atoms with Gasteiger partial charge in [-0.3, -0.25) is 0 Å². The molecule has 92 valence electrons. The second kappa shape index (κ2) is 6.63. The van der Waals surface area contributed by atoms with E-state index < -0.39 is 0 Å². The van der Waals surface area contributed by atoms with E-state index in [9.17, 15) is 0 Å². The van der Waals surface area contributed by atoms with Gasteiger partial charge in [-0.25, -0.2) is 0 Å². The molecular weight excluding hydrogens is 280 g/mol. The van der Waals surface area contributed by atoms with Crippen molar-refractivity contribution in [2.45, 2.75) is 26.3 Å². The highest BCUT2D eigenvalue weighted by atomic mass is 79.9. The van der Waals surface area contributed by atoms with E-state index in [1.54, 1.807) is 0 Å². The molecule has 1 aromatic rings. The lowest BCUT2D eigenvalue weighted by Gasteiger charge is -2.29. The van der Waals surface area contributed by atoms with Crippen LogP contribution in [0, 0.1) is 11.3 Å². The summed E-state index contributed by atoms with van der Waals surface area (Å²) >= 11 is 3.39. The summed E-state index contributed by atoms with van der Waals surface area (Å²) in [5.41, 5.74) is 1.71. The number of hydrogen-bond donors (Lipinski definition) is 1. The Morgan fingerprint density at radius 1 is 1.47 bits per heavy atom. The SMILES string of the molecule is CC(C)N(CCCO)c1ccc(C#N)c(Br)c1. The molecule has 4 heteroatoms. The van der Waals surface area contributed by atoms with Gasteiger partial charge in [0.2, 0.25) is 0 Å². The van der Waals surface area contributed by atoms with Crippen LogP contribution in [0.3, 0.4) is 0 Å². The van der Waals surface area contributed by atoms with E-state index in [4.69, 9.17) is 10.4 Å². The molecule has 1 N–H and O–H groups in total. The molecule has 0 aromatic heterocycles. The molecule has 1 aromatic carbocycles. The topological polar surface area (TPSA) is 47.3 Å². The molecule has 0 aliphatic heterocycles. The molecule has 0 heterocycles. The lowest BCUT2D eigenvalue weighted by molar-refractivity contribution is 0.288. The molecule has 3 nitrogen and oxygen atoms in total. The summed E-state index contributed by atoms with van der Waals surface area (Å²) in [6.45, 7) is 5.24. The molecule has 0 spiro atoms. The molecule has 0 aliphatic rings. The van der Waals surface area contributed by atoms with Crippen molar-refractivity contribution < 1.29 is 5.11 Å². The average molecular weight is 297 g/mol. The second-order valence-electron chi connectivity index (χ2n) is 4.14. The molecule has 0 atom stereocenters. The molecular formula is C13H17BrN2O. The Morgan fingerprint density at radius 3 is 2.65 bits per heavy atom. The zero-order valence-electron chi connectivity index (χ0n) is 10.2. The minimum atomic E-state index is 0.195. The first-order chi connectivity index (χ1) is 8.10. The minimum absolute atomic E-state index is 0.195. The molecule has 0 saturated carbocycles. The predicted molar refractivity (Wildman–Crippen MR) is 73.0 cm³/mol. The summed E-state index contributed by atoms with van der Waals surface area (Å²) < 4.78 is 0.812. The summed E-state index contributed by atoms with van der Waals surface area (Å²) in [5, 5.41) is 17.8. The highest BCUT2D eigenvalue weighted by Gasteiger charge is 2.11. The van der Waals surface area contributed by atoms with Gasteiger partial charge in [-0.2, -0.15) is 5.26 Å². The number of halogens is 1. The van der Waals surface area contributed by atoms with Gasteiger partial charge in [0.05, 0.1) is 5.56 Å². The first-order valence-corrected chi connectivity index (χ1v) is 6.46. The Labute approximate surface area is 111 Å². The standard InChI is InChI=1S/C13H17BrN2O/c1-10(2)16(6-3-7-17)12-5-4-11(9-15)13(14)8-12/h4-5,8,10,17H,3,6-7H2,1-2H3. The fourth-order valence-electron chi connectivity index (χ4n) is 1.70. The molecule has 0 unspecified atom stereocenters. The van der Waals surface area contributed by atoms with Crippen LogP contribution in [0.15, 0.2) is 22.7 Å². The van der Waals surface area contributed by atoms with E-state index in [2.05, 4.69) is 40.7 Å². The summed E-state index contributed by atoms with van der Waals surface area (Å²) in [4.78, 5) is 2.21. The van der Waals surface area contributed by atoms with E-state index in [0.717, 1.165) is 23.1 Å². The van der Waals surface area contributed by atoms with E-state index in [0.29, 0.717) is 11.6 Å². The van der Waals surface area contributed by atoms with E-state index >= 15 is 0 Å². The van der Waals surface area contributed by atoms with Crippen LogP contribution in [0.2, 0.25) is 0 Å². The van der Waals surface area contributed by atoms with E-state index in [1.165, 1.54) is 0 Å². The van der Waals surface area contributed by atoms with Gasteiger partial charge in [-0.05, 0) is 54.4 Å². The van der Waals surface area contributed by atoms with Crippen LogP contribution in [-0.2, 0) is 0 Å². The van der Waals surface area contributed by atoms with Crippen molar-refractivity contribution in [3.63, 3.8) is 0 Å². The maximum atomic E-state index is 8.90. The Hall–Kier alpha value is -1.05. The third-order valence-corrected chi connectivity index (χ3v) is 3.24. The molecule has 0 aliphatic carbocycles. The molecule has 17 heavy (non-hydrogen) atoms. The molecule has 0 fully saturated rings. The van der Waals surface area contributed by atoms with Gasteiger partial charge in [0.1, 0.15) is 6.07 Å². The molecule has 0 amide bonds. The Bertz CT molecular complexity index is 412. The van der Waals surface area contributed by atoms with Crippen molar-refractivity contribution in [1.82, 2.24) is 0 Å². The second-order valence-corrected chi connectivity index (χ2v) is 4.99. The van der Waals surface area contributed by atoms with Gasteiger partial charge in [-0.15, -0.1) is 0 Å². The van der Waals surface area contributed by atoms with Crippen molar-refractivity contribution in [2.24, 2.45) is 0 Å². The third-order valence-electron chi connectivity index (χ3n) is 2.59. The van der Waals surface area contributed by atoms with Crippen LogP contribution in [0.1, 0.15) is 25.8 Å². The van der Waals surface area contributed by atoms with Crippen LogP contribution in [0.25, 0.3) is 0 Å². The quantitative estimate of drug-likeness (QED) is 0.909. The van der Waals surface area contributed by atoms with Crippen LogP contribution in [-0.4, -0.2) is 24.3 Å². The lowest BCUT2D eigenvalue weighted by atomic mass is 10.1. The van der Waals surface area contributed by atoms with E-state index in [-0.39, 0.29) is 6.61 Å². The number of nitriles is 1. The predicted octanol–water partition coefficient (Wildman–Crippen LogP) is 2.92. The molecule has 0 saturated heterocycles. The van der Waals surface area contributed by atoms with Gasteiger partial charge in [-0.1, -0.05) is 0 Å². The number of aliphatic hydroxyl groups excluding tert-OH is 1. The molecule has 1 rings (SSSR count). The Balaban J connectivity index is 2.95. The molecule has 0 bridgehead atoms. The number of aliphatic hydroxyl groups is 1. The number of anilines is 1. The van der Waals surface area contributed by atoms with Gasteiger partial charge in [0, 0.05) is 29.4 Å². The summed E-state index contributed by atoms with van der Waals surface area (Å²) in [7, 11) is 0. The van der Waals surface area contributed by atoms with Crippen LogP contribution >= 0.6 is 15.9 Å². The van der Waals surface area contributed by atoms with Crippen LogP contribution in [0.5, 0.6) is 0 Å². The van der Waals surface area contributed by atoms with Crippen LogP contribution < -0.4 is 4.90 Å². The fourth-order valence-corrected chi connectivity index (χ4v) is 2.16. The van der Waals surface area contributed by atoms with Gasteiger partial charge < -0.3 is 10.0 Å². The largest absolute Gasteiger partial charge is 0.396 e. The Kier molecular flexibility index (Phi) is 5.46. The lowest BCUT2D eigenvalue weighted by Crippen LogP contribution is -2.32. The number of benzene rings is 1. The van der Waals surface area contributed by atoms with Gasteiger partial charge in [0.15, 0.2) is 0 Å². The zero-order chi connectivity index (χ0) is 12.8. The smallest absolute Gasteiger partial charge is 0.100 e. The monoisotopic (exact) mass is 296 g/mol. The minimum Gasteiger partial charge on any atom is -0.396 e. The van der Waals surface area contributed by atoms with Crippen molar-refractivity contribution in [3.8, 4) is 6.07 Å². The number of rotatable bonds is 5.